The number of likely N-dealkylation sites (tertiary alicyclic amines) is 2. The van der Waals surface area contributed by atoms with Crippen LogP contribution < -0.4 is 0 Å². The number of aromatic nitrogens is 2. The minimum Gasteiger partial charge on any atom is -0.348 e. The molecule has 0 radical (unpaired) electrons. The maximum atomic E-state index is 12.4. The number of H-pyrrole nitrogens is 1. The van der Waals surface area contributed by atoms with Crippen molar-refractivity contribution in [3.05, 3.63) is 53.1 Å². The number of aryl methyl sites for hydroxylation is 2. The molecule has 5 heteroatoms. The van der Waals surface area contributed by atoms with Crippen molar-refractivity contribution in [1.29, 1.82) is 0 Å². The fourth-order valence-corrected chi connectivity index (χ4v) is 4.84. The molecular weight excluding hydrogens is 348 g/mol. The molecule has 1 amide bonds. The molecular formula is C23H32N4O. The van der Waals surface area contributed by atoms with Crippen LogP contribution >= 0.6 is 0 Å². The molecule has 0 atom stereocenters. The Morgan fingerprint density at radius 1 is 1.18 bits per heavy atom. The zero-order valence-electron chi connectivity index (χ0n) is 17.2. The van der Waals surface area contributed by atoms with Gasteiger partial charge < -0.3 is 9.88 Å². The van der Waals surface area contributed by atoms with Crippen molar-refractivity contribution in [3.63, 3.8) is 0 Å². The highest BCUT2D eigenvalue weighted by Crippen LogP contribution is 2.40. The highest BCUT2D eigenvalue weighted by atomic mass is 16.2. The van der Waals surface area contributed by atoms with Crippen molar-refractivity contribution in [1.82, 2.24) is 19.8 Å². The van der Waals surface area contributed by atoms with E-state index in [0.29, 0.717) is 17.7 Å². The second-order valence-electron chi connectivity index (χ2n) is 8.85. The Hall–Kier alpha value is -2.14. The van der Waals surface area contributed by atoms with Gasteiger partial charge in [-0.3, -0.25) is 9.69 Å². The lowest BCUT2D eigenvalue weighted by molar-refractivity contribution is -0.139. The van der Waals surface area contributed by atoms with Crippen molar-refractivity contribution in [2.45, 2.75) is 52.5 Å². The van der Waals surface area contributed by atoms with Gasteiger partial charge in [0, 0.05) is 44.4 Å². The van der Waals surface area contributed by atoms with Crippen LogP contribution in [0.3, 0.4) is 0 Å². The number of imidazole rings is 1. The largest absolute Gasteiger partial charge is 0.348 e. The van der Waals surface area contributed by atoms with Gasteiger partial charge in [0.15, 0.2) is 0 Å². The molecule has 2 aliphatic heterocycles. The molecule has 0 unspecified atom stereocenters. The van der Waals surface area contributed by atoms with Gasteiger partial charge in [-0.1, -0.05) is 23.8 Å². The van der Waals surface area contributed by atoms with Crippen LogP contribution in [-0.2, 0) is 17.8 Å². The molecule has 5 nitrogen and oxygen atoms in total. The third-order valence-electron chi connectivity index (χ3n) is 6.76. The van der Waals surface area contributed by atoms with Gasteiger partial charge >= 0.3 is 0 Å². The molecule has 150 valence electrons. The highest BCUT2D eigenvalue weighted by molar-refractivity contribution is 5.77. The molecule has 0 aliphatic carbocycles. The molecule has 3 heterocycles. The third-order valence-corrected chi connectivity index (χ3v) is 6.76. The molecule has 2 saturated heterocycles. The topological polar surface area (TPSA) is 52.2 Å². The van der Waals surface area contributed by atoms with E-state index in [1.807, 2.05) is 6.20 Å². The quantitative estimate of drug-likeness (QED) is 0.864. The molecule has 0 bridgehead atoms. The minimum atomic E-state index is 0.320. The smallest absolute Gasteiger partial charge is 0.222 e. The number of hydrogen-bond donors (Lipinski definition) is 1. The summed E-state index contributed by atoms with van der Waals surface area (Å²) in [5, 5.41) is 0. The van der Waals surface area contributed by atoms with E-state index >= 15 is 0 Å². The summed E-state index contributed by atoms with van der Waals surface area (Å²) >= 11 is 0. The normalized spacial score (nSPS) is 20.1. The monoisotopic (exact) mass is 380 g/mol. The van der Waals surface area contributed by atoms with Crippen LogP contribution in [0, 0.1) is 19.3 Å². The summed E-state index contributed by atoms with van der Waals surface area (Å²) in [7, 11) is 0. The van der Waals surface area contributed by atoms with Crippen LogP contribution in [-0.4, -0.2) is 51.9 Å². The summed E-state index contributed by atoms with van der Waals surface area (Å²) in [6.45, 7) is 9.42. The number of carbonyl (C=O) groups excluding carboxylic acids is 1. The average molecular weight is 381 g/mol. The SMILES string of the molecule is Cc1ccc(CN2CCC3(CCC(=O)N(CCc4cnc[nH]4)C3)CC2)c(C)c1. The lowest BCUT2D eigenvalue weighted by Gasteiger charge is -2.47. The van der Waals surface area contributed by atoms with Crippen LogP contribution in [0.2, 0.25) is 0 Å². The van der Waals surface area contributed by atoms with Gasteiger partial charge in [-0.15, -0.1) is 0 Å². The van der Waals surface area contributed by atoms with E-state index in [-0.39, 0.29) is 0 Å². The Bertz CT molecular complexity index is 806. The molecule has 1 aromatic heterocycles. The average Bonchev–Trinajstić information content (AvgIpc) is 3.20. The fraction of sp³-hybridized carbons (Fsp3) is 0.565. The Morgan fingerprint density at radius 3 is 2.71 bits per heavy atom. The van der Waals surface area contributed by atoms with Gasteiger partial charge in [-0.05, 0) is 62.7 Å². The summed E-state index contributed by atoms with van der Waals surface area (Å²) in [5.74, 6) is 0.322. The summed E-state index contributed by atoms with van der Waals surface area (Å²) in [6.07, 6.45) is 8.60. The predicted octanol–water partition coefficient (Wildman–Crippen LogP) is 3.47. The molecule has 2 aliphatic rings. The Kier molecular flexibility index (Phi) is 5.54. The van der Waals surface area contributed by atoms with Crippen LogP contribution in [0.5, 0.6) is 0 Å². The second-order valence-corrected chi connectivity index (χ2v) is 8.85. The third kappa shape index (κ3) is 4.30. The summed E-state index contributed by atoms with van der Waals surface area (Å²) < 4.78 is 0. The van der Waals surface area contributed by atoms with Gasteiger partial charge in [-0.2, -0.15) is 0 Å². The lowest BCUT2D eigenvalue weighted by atomic mass is 9.72. The predicted molar refractivity (Wildman–Crippen MR) is 111 cm³/mol. The first kappa shape index (κ1) is 19.2. The first-order chi connectivity index (χ1) is 13.5. The number of carbonyl (C=O) groups is 1. The number of amides is 1. The number of aromatic amines is 1. The molecule has 1 N–H and O–H groups in total. The highest BCUT2D eigenvalue weighted by Gasteiger charge is 2.40. The van der Waals surface area contributed by atoms with Crippen molar-refractivity contribution in [3.8, 4) is 0 Å². The van der Waals surface area contributed by atoms with E-state index in [4.69, 9.17) is 0 Å². The number of hydrogen-bond acceptors (Lipinski definition) is 3. The Labute approximate surface area is 168 Å². The molecule has 28 heavy (non-hydrogen) atoms. The van der Waals surface area contributed by atoms with Crippen LogP contribution in [0.4, 0.5) is 0 Å². The van der Waals surface area contributed by atoms with Gasteiger partial charge in [0.05, 0.1) is 6.33 Å². The van der Waals surface area contributed by atoms with Gasteiger partial charge in [-0.25, -0.2) is 4.98 Å². The summed E-state index contributed by atoms with van der Waals surface area (Å²) in [6, 6.07) is 6.79. The summed E-state index contributed by atoms with van der Waals surface area (Å²) in [4.78, 5) is 24.4. The van der Waals surface area contributed by atoms with E-state index in [1.165, 1.54) is 29.5 Å². The van der Waals surface area contributed by atoms with E-state index < -0.39 is 0 Å². The van der Waals surface area contributed by atoms with Gasteiger partial charge in [0.2, 0.25) is 5.91 Å². The van der Waals surface area contributed by atoms with E-state index in [0.717, 1.165) is 51.3 Å². The maximum Gasteiger partial charge on any atom is 0.222 e. The standard InChI is InChI=1S/C23H32N4O/c1-18-3-4-20(19(2)13-18)15-26-11-8-23(9-12-26)7-5-22(28)27(16-23)10-6-21-14-24-17-25-21/h3-4,13-14,17H,5-12,15-16H2,1-2H3,(H,24,25). The summed E-state index contributed by atoms with van der Waals surface area (Å²) in [5.41, 5.74) is 5.60. The van der Waals surface area contributed by atoms with Crippen molar-refractivity contribution >= 4 is 5.91 Å². The zero-order chi connectivity index (χ0) is 19.6. The lowest BCUT2D eigenvalue weighted by Crippen LogP contribution is -2.51. The van der Waals surface area contributed by atoms with Crippen molar-refractivity contribution in [2.75, 3.05) is 26.2 Å². The fourth-order valence-electron chi connectivity index (χ4n) is 4.84. The van der Waals surface area contributed by atoms with Crippen molar-refractivity contribution in [2.24, 2.45) is 5.41 Å². The molecule has 2 aromatic rings. The first-order valence-corrected chi connectivity index (χ1v) is 10.6. The number of piperidine rings is 2. The second kappa shape index (κ2) is 8.08. The maximum absolute atomic E-state index is 12.4. The van der Waals surface area contributed by atoms with Crippen LogP contribution in [0.15, 0.2) is 30.7 Å². The molecule has 1 aromatic carbocycles. The van der Waals surface area contributed by atoms with Crippen LogP contribution in [0.1, 0.15) is 48.1 Å². The minimum absolute atomic E-state index is 0.320. The molecule has 1 spiro atoms. The van der Waals surface area contributed by atoms with Gasteiger partial charge in [0.25, 0.3) is 0 Å². The molecule has 0 saturated carbocycles. The Balaban J connectivity index is 1.33. The molecule has 2 fully saturated rings. The van der Waals surface area contributed by atoms with Gasteiger partial charge in [0.1, 0.15) is 0 Å². The zero-order valence-corrected chi connectivity index (χ0v) is 17.2. The van der Waals surface area contributed by atoms with E-state index in [2.05, 4.69) is 51.8 Å². The number of benzene rings is 1. The molecule has 4 rings (SSSR count). The number of nitrogens with zero attached hydrogens (tertiary/aromatic N) is 3. The number of rotatable bonds is 5. The number of nitrogens with one attached hydrogen (secondary N) is 1. The van der Waals surface area contributed by atoms with Crippen molar-refractivity contribution < 1.29 is 4.79 Å². The Morgan fingerprint density at radius 2 is 2.00 bits per heavy atom. The van der Waals surface area contributed by atoms with E-state index in [9.17, 15) is 4.79 Å². The van der Waals surface area contributed by atoms with E-state index in [1.54, 1.807) is 6.33 Å². The van der Waals surface area contributed by atoms with Crippen LogP contribution in [0.25, 0.3) is 0 Å². The first-order valence-electron chi connectivity index (χ1n) is 10.6.